The van der Waals surface area contributed by atoms with Crippen molar-refractivity contribution in [1.82, 2.24) is 10.2 Å². The minimum atomic E-state index is 0. The molecule has 7 rings (SSSR count). The molecule has 1 aromatic heterocycles. The molecule has 3 aliphatic heterocycles. The zero-order chi connectivity index (χ0) is 16.6. The summed E-state index contributed by atoms with van der Waals surface area (Å²) in [4.78, 5) is 16.6. The minimum Gasteiger partial charge on any atom is -0.346 e. The van der Waals surface area contributed by atoms with Gasteiger partial charge in [0.1, 0.15) is 0 Å². The highest BCUT2D eigenvalue weighted by Crippen LogP contribution is 2.54. The fourth-order valence-electron chi connectivity index (χ4n) is 5.45. The van der Waals surface area contributed by atoms with Gasteiger partial charge in [-0.25, -0.2) is 0 Å². The summed E-state index contributed by atoms with van der Waals surface area (Å²) in [6, 6.07) is 9.05. The molecule has 5 aliphatic rings. The SMILES string of the molecule is Cl.O=C(N[C@@H]1C2CCN(CC2)C12CC2)c1cc2cccc(C3CC3)c2s1. The second-order valence-electron chi connectivity index (χ2n) is 8.53. The molecule has 4 heterocycles. The molecule has 3 nitrogen and oxygen atoms in total. The molecule has 5 heteroatoms. The number of hydrogen-bond acceptors (Lipinski definition) is 3. The van der Waals surface area contributed by atoms with Crippen LogP contribution in [0.25, 0.3) is 10.1 Å². The lowest BCUT2D eigenvalue weighted by Gasteiger charge is -2.52. The van der Waals surface area contributed by atoms with E-state index in [-0.39, 0.29) is 18.3 Å². The van der Waals surface area contributed by atoms with E-state index in [0.29, 0.717) is 17.5 Å². The molecule has 1 atom stereocenters. The zero-order valence-corrected chi connectivity index (χ0v) is 16.5. The van der Waals surface area contributed by atoms with Crippen molar-refractivity contribution >= 4 is 39.7 Å². The number of carbonyl (C=O) groups is 1. The molecule has 2 aliphatic carbocycles. The first-order valence-corrected chi connectivity index (χ1v) is 10.6. The van der Waals surface area contributed by atoms with Crippen LogP contribution in [0.15, 0.2) is 24.3 Å². The van der Waals surface area contributed by atoms with Crippen molar-refractivity contribution < 1.29 is 4.79 Å². The smallest absolute Gasteiger partial charge is 0.261 e. The molecule has 2 aromatic rings. The van der Waals surface area contributed by atoms with Crippen LogP contribution in [-0.2, 0) is 0 Å². The molecular weight excluding hydrogens is 364 g/mol. The summed E-state index contributed by atoms with van der Waals surface area (Å²) in [5.41, 5.74) is 1.77. The van der Waals surface area contributed by atoms with Gasteiger partial charge in [-0.1, -0.05) is 18.2 Å². The standard InChI is InChI=1S/C21H24N2OS.ClH/c24-20(22-19-14-6-10-23(11-7-14)21(19)8-9-21)17-12-15-2-1-3-16(13-4-5-13)18(15)25-17;/h1-3,12-14,19H,4-11H2,(H,22,24);1H/t19-;/m1./s1. The summed E-state index contributed by atoms with van der Waals surface area (Å²) < 4.78 is 1.34. The number of nitrogens with one attached hydrogen (secondary N) is 1. The maximum absolute atomic E-state index is 13.1. The van der Waals surface area contributed by atoms with Crippen LogP contribution < -0.4 is 5.32 Å². The van der Waals surface area contributed by atoms with Crippen molar-refractivity contribution in [2.75, 3.05) is 13.1 Å². The zero-order valence-electron chi connectivity index (χ0n) is 14.9. The Morgan fingerprint density at radius 2 is 1.92 bits per heavy atom. The molecule has 0 radical (unpaired) electrons. The third-order valence-electron chi connectivity index (χ3n) is 7.08. The Labute approximate surface area is 164 Å². The van der Waals surface area contributed by atoms with Gasteiger partial charge in [-0.3, -0.25) is 9.69 Å². The number of halogens is 1. The Bertz CT molecular complexity index is 862. The summed E-state index contributed by atoms with van der Waals surface area (Å²) >= 11 is 1.70. The highest BCUT2D eigenvalue weighted by molar-refractivity contribution is 7.21. The van der Waals surface area contributed by atoms with Crippen molar-refractivity contribution in [2.24, 2.45) is 5.92 Å². The number of nitrogens with zero attached hydrogens (tertiary/aromatic N) is 1. The number of rotatable bonds is 3. The highest BCUT2D eigenvalue weighted by Gasteiger charge is 2.60. The van der Waals surface area contributed by atoms with Gasteiger partial charge in [0.25, 0.3) is 5.91 Å². The first-order chi connectivity index (χ1) is 12.2. The van der Waals surface area contributed by atoms with Gasteiger partial charge in [-0.2, -0.15) is 0 Å². The van der Waals surface area contributed by atoms with E-state index < -0.39 is 0 Å². The van der Waals surface area contributed by atoms with Crippen LogP contribution in [0.2, 0.25) is 0 Å². The first-order valence-electron chi connectivity index (χ1n) is 9.83. The second-order valence-corrected chi connectivity index (χ2v) is 9.58. The molecule has 5 fully saturated rings. The van der Waals surface area contributed by atoms with Gasteiger partial charge in [0.15, 0.2) is 0 Å². The molecular formula is C21H25ClN2OS. The molecule has 1 N–H and O–H groups in total. The molecule has 1 aromatic carbocycles. The predicted molar refractivity (Wildman–Crippen MR) is 109 cm³/mol. The van der Waals surface area contributed by atoms with E-state index in [2.05, 4.69) is 34.5 Å². The number of thiophene rings is 1. The lowest BCUT2D eigenvalue weighted by atomic mass is 9.77. The van der Waals surface area contributed by atoms with Gasteiger partial charge in [-0.05, 0) is 80.5 Å². The molecule has 26 heavy (non-hydrogen) atoms. The van der Waals surface area contributed by atoms with Crippen molar-refractivity contribution in [3.05, 3.63) is 34.7 Å². The summed E-state index contributed by atoms with van der Waals surface area (Å²) in [6.07, 6.45) is 7.66. The predicted octanol–water partition coefficient (Wildman–Crippen LogP) is 4.56. The van der Waals surface area contributed by atoms with Crippen LogP contribution in [0, 0.1) is 5.92 Å². The Kier molecular flexibility index (Phi) is 3.90. The van der Waals surface area contributed by atoms with E-state index in [1.807, 2.05) is 0 Å². The molecule has 1 spiro atoms. The maximum Gasteiger partial charge on any atom is 0.261 e. The summed E-state index contributed by atoms with van der Waals surface area (Å²) in [7, 11) is 0. The van der Waals surface area contributed by atoms with Gasteiger partial charge in [-0.15, -0.1) is 23.7 Å². The number of fused-ring (bicyclic) bond motifs is 3. The van der Waals surface area contributed by atoms with E-state index in [4.69, 9.17) is 0 Å². The lowest BCUT2D eigenvalue weighted by Crippen LogP contribution is -2.65. The van der Waals surface area contributed by atoms with Crippen LogP contribution in [0.4, 0.5) is 0 Å². The number of amides is 1. The molecule has 2 saturated carbocycles. The molecule has 2 bridgehead atoms. The van der Waals surface area contributed by atoms with Gasteiger partial charge < -0.3 is 5.32 Å². The number of benzene rings is 1. The van der Waals surface area contributed by atoms with Crippen molar-refractivity contribution in [2.45, 2.75) is 56.0 Å². The maximum atomic E-state index is 13.1. The van der Waals surface area contributed by atoms with Crippen LogP contribution >= 0.6 is 23.7 Å². The molecule has 1 amide bonds. The summed E-state index contributed by atoms with van der Waals surface area (Å²) in [5, 5.41) is 4.72. The van der Waals surface area contributed by atoms with Crippen LogP contribution in [0.3, 0.4) is 0 Å². The first kappa shape index (κ1) is 17.0. The Hall–Kier alpha value is -1.10. The Morgan fingerprint density at radius 3 is 2.62 bits per heavy atom. The van der Waals surface area contributed by atoms with E-state index >= 15 is 0 Å². The van der Waals surface area contributed by atoms with Crippen molar-refractivity contribution in [1.29, 1.82) is 0 Å². The van der Waals surface area contributed by atoms with Gasteiger partial charge in [0.2, 0.25) is 0 Å². The van der Waals surface area contributed by atoms with E-state index in [0.717, 1.165) is 10.8 Å². The Morgan fingerprint density at radius 1 is 1.15 bits per heavy atom. The molecule has 138 valence electrons. The number of hydrogen-bond donors (Lipinski definition) is 1. The third-order valence-corrected chi connectivity index (χ3v) is 8.28. The fraction of sp³-hybridized carbons (Fsp3) is 0.571. The summed E-state index contributed by atoms with van der Waals surface area (Å²) in [5.74, 6) is 1.58. The monoisotopic (exact) mass is 388 g/mol. The third kappa shape index (κ3) is 2.45. The second kappa shape index (κ2) is 5.95. The average Bonchev–Trinajstić information content (AvgIpc) is 3.56. The van der Waals surface area contributed by atoms with Crippen LogP contribution in [0.1, 0.15) is 59.7 Å². The van der Waals surface area contributed by atoms with Crippen molar-refractivity contribution in [3.8, 4) is 0 Å². The quantitative estimate of drug-likeness (QED) is 0.836. The van der Waals surface area contributed by atoms with Crippen molar-refractivity contribution in [3.63, 3.8) is 0 Å². The van der Waals surface area contributed by atoms with E-state index in [1.165, 1.54) is 67.3 Å². The normalized spacial score (nSPS) is 31.0. The fourth-order valence-corrected chi connectivity index (χ4v) is 6.60. The molecule has 3 saturated heterocycles. The van der Waals surface area contributed by atoms with Gasteiger partial charge in [0.05, 0.1) is 10.9 Å². The number of piperidine rings is 3. The van der Waals surface area contributed by atoms with Gasteiger partial charge in [0, 0.05) is 10.2 Å². The van der Waals surface area contributed by atoms with Crippen LogP contribution in [0.5, 0.6) is 0 Å². The topological polar surface area (TPSA) is 32.3 Å². The number of carbonyl (C=O) groups excluding carboxylic acids is 1. The van der Waals surface area contributed by atoms with E-state index in [9.17, 15) is 4.79 Å². The average molecular weight is 389 g/mol. The highest BCUT2D eigenvalue weighted by atomic mass is 35.5. The molecule has 0 unspecified atom stereocenters. The van der Waals surface area contributed by atoms with E-state index in [1.54, 1.807) is 11.3 Å². The summed E-state index contributed by atoms with van der Waals surface area (Å²) in [6.45, 7) is 2.48. The minimum absolute atomic E-state index is 0. The van der Waals surface area contributed by atoms with Crippen LogP contribution in [-0.4, -0.2) is 35.5 Å². The largest absolute Gasteiger partial charge is 0.346 e. The Balaban J connectivity index is 0.00000150. The van der Waals surface area contributed by atoms with Gasteiger partial charge >= 0.3 is 0 Å². The lowest BCUT2D eigenvalue weighted by molar-refractivity contribution is -0.00138.